The van der Waals surface area contributed by atoms with Crippen LogP contribution in [0.15, 0.2) is 48.7 Å². The minimum atomic E-state index is 0.764. The molecule has 0 bridgehead atoms. The predicted octanol–water partition coefficient (Wildman–Crippen LogP) is 3.18. The van der Waals surface area contributed by atoms with E-state index in [9.17, 15) is 0 Å². The number of aromatic amines is 1. The van der Waals surface area contributed by atoms with E-state index in [1.54, 1.807) is 7.11 Å². The minimum Gasteiger partial charge on any atom is -0.497 e. The number of aromatic nitrogens is 2. The van der Waals surface area contributed by atoms with Crippen molar-refractivity contribution >= 4 is 16.6 Å². The Morgan fingerprint density at radius 2 is 2.16 bits per heavy atom. The summed E-state index contributed by atoms with van der Waals surface area (Å²) in [5.74, 6) is 0.879. The largest absolute Gasteiger partial charge is 0.497 e. The van der Waals surface area contributed by atoms with Gasteiger partial charge >= 0.3 is 0 Å². The van der Waals surface area contributed by atoms with E-state index >= 15 is 0 Å². The summed E-state index contributed by atoms with van der Waals surface area (Å²) >= 11 is 0. The van der Waals surface area contributed by atoms with Crippen molar-refractivity contribution in [3.05, 3.63) is 54.2 Å². The van der Waals surface area contributed by atoms with Gasteiger partial charge in [0.15, 0.2) is 0 Å². The number of hydrogen-bond donors (Lipinski definition) is 2. The molecule has 0 aliphatic heterocycles. The Morgan fingerprint density at radius 3 is 3.05 bits per heavy atom. The van der Waals surface area contributed by atoms with Gasteiger partial charge in [0.2, 0.25) is 0 Å². The average molecular weight is 253 g/mol. The smallest absolute Gasteiger partial charge is 0.119 e. The molecule has 3 rings (SSSR count). The van der Waals surface area contributed by atoms with Gasteiger partial charge in [0.1, 0.15) is 5.75 Å². The van der Waals surface area contributed by atoms with E-state index in [0.29, 0.717) is 0 Å². The molecule has 4 nitrogen and oxygen atoms in total. The van der Waals surface area contributed by atoms with E-state index in [1.807, 2.05) is 36.5 Å². The Kier molecular flexibility index (Phi) is 3.06. The molecular weight excluding hydrogens is 238 g/mol. The van der Waals surface area contributed by atoms with E-state index in [4.69, 9.17) is 4.74 Å². The maximum atomic E-state index is 5.21. The highest BCUT2D eigenvalue weighted by Crippen LogP contribution is 2.18. The first-order valence-corrected chi connectivity index (χ1v) is 6.15. The second-order valence-corrected chi connectivity index (χ2v) is 4.38. The van der Waals surface area contributed by atoms with Crippen LogP contribution in [0.5, 0.6) is 5.75 Å². The Hall–Kier alpha value is -2.49. The third-order valence-corrected chi connectivity index (χ3v) is 3.07. The SMILES string of the molecule is COc1cccc(CNc2ccc3[nH]ncc3c2)c1. The summed E-state index contributed by atoms with van der Waals surface area (Å²) in [6, 6.07) is 14.2. The van der Waals surface area contributed by atoms with Gasteiger partial charge in [0.25, 0.3) is 0 Å². The fourth-order valence-corrected chi connectivity index (χ4v) is 2.04. The fraction of sp³-hybridized carbons (Fsp3) is 0.133. The van der Waals surface area contributed by atoms with Crippen LogP contribution in [-0.2, 0) is 6.54 Å². The van der Waals surface area contributed by atoms with Crippen LogP contribution >= 0.6 is 0 Å². The average Bonchev–Trinajstić information content (AvgIpc) is 2.93. The lowest BCUT2D eigenvalue weighted by molar-refractivity contribution is 0.414. The first-order chi connectivity index (χ1) is 9.35. The van der Waals surface area contributed by atoms with Crippen LogP contribution < -0.4 is 10.1 Å². The summed E-state index contributed by atoms with van der Waals surface area (Å²) in [7, 11) is 1.68. The third kappa shape index (κ3) is 2.52. The summed E-state index contributed by atoms with van der Waals surface area (Å²) in [6.07, 6.45) is 1.83. The van der Waals surface area contributed by atoms with Gasteiger partial charge in [0, 0.05) is 17.6 Å². The number of fused-ring (bicyclic) bond motifs is 1. The summed E-state index contributed by atoms with van der Waals surface area (Å²) in [5.41, 5.74) is 3.32. The summed E-state index contributed by atoms with van der Waals surface area (Å²) in [4.78, 5) is 0. The van der Waals surface area contributed by atoms with Gasteiger partial charge in [-0.1, -0.05) is 12.1 Å². The molecule has 0 spiro atoms. The molecule has 0 saturated heterocycles. The van der Waals surface area contributed by atoms with Gasteiger partial charge < -0.3 is 10.1 Å². The highest BCUT2D eigenvalue weighted by Gasteiger charge is 1.99. The number of ether oxygens (including phenoxy) is 1. The molecule has 2 aromatic carbocycles. The van der Waals surface area contributed by atoms with Crippen LogP contribution in [0, 0.1) is 0 Å². The highest BCUT2D eigenvalue weighted by molar-refractivity contribution is 5.81. The number of H-pyrrole nitrogens is 1. The van der Waals surface area contributed by atoms with E-state index in [1.165, 1.54) is 5.56 Å². The second-order valence-electron chi connectivity index (χ2n) is 4.38. The number of rotatable bonds is 4. The molecule has 19 heavy (non-hydrogen) atoms. The monoisotopic (exact) mass is 253 g/mol. The van der Waals surface area contributed by atoms with Crippen molar-refractivity contribution in [3.63, 3.8) is 0 Å². The zero-order chi connectivity index (χ0) is 13.1. The van der Waals surface area contributed by atoms with Gasteiger partial charge in [-0.05, 0) is 35.9 Å². The number of methoxy groups -OCH3 is 1. The molecule has 0 fully saturated rings. The van der Waals surface area contributed by atoms with Crippen LogP contribution in [0.3, 0.4) is 0 Å². The fourth-order valence-electron chi connectivity index (χ4n) is 2.04. The molecule has 96 valence electrons. The second kappa shape index (κ2) is 5.02. The van der Waals surface area contributed by atoms with Crippen molar-refractivity contribution in [2.75, 3.05) is 12.4 Å². The molecular formula is C15H15N3O. The van der Waals surface area contributed by atoms with Gasteiger partial charge in [-0.2, -0.15) is 5.10 Å². The van der Waals surface area contributed by atoms with Crippen LogP contribution in [0.2, 0.25) is 0 Å². The van der Waals surface area contributed by atoms with Gasteiger partial charge in [-0.15, -0.1) is 0 Å². The normalized spacial score (nSPS) is 10.6. The summed E-state index contributed by atoms with van der Waals surface area (Å²) in [5, 5.41) is 11.5. The lowest BCUT2D eigenvalue weighted by Gasteiger charge is -2.08. The highest BCUT2D eigenvalue weighted by atomic mass is 16.5. The van der Waals surface area contributed by atoms with E-state index < -0.39 is 0 Å². The molecule has 0 unspecified atom stereocenters. The van der Waals surface area contributed by atoms with E-state index in [2.05, 4.69) is 27.6 Å². The van der Waals surface area contributed by atoms with E-state index in [-0.39, 0.29) is 0 Å². The maximum absolute atomic E-state index is 5.21. The predicted molar refractivity (Wildman–Crippen MR) is 76.4 cm³/mol. The molecule has 1 aromatic heterocycles. The Morgan fingerprint density at radius 1 is 1.21 bits per heavy atom. The van der Waals surface area contributed by atoms with Crippen molar-refractivity contribution in [1.82, 2.24) is 10.2 Å². The van der Waals surface area contributed by atoms with Crippen molar-refractivity contribution in [1.29, 1.82) is 0 Å². The van der Waals surface area contributed by atoms with Crippen molar-refractivity contribution < 1.29 is 4.74 Å². The third-order valence-electron chi connectivity index (χ3n) is 3.07. The molecule has 2 N–H and O–H groups in total. The van der Waals surface area contributed by atoms with Gasteiger partial charge in [0.05, 0.1) is 18.8 Å². The number of anilines is 1. The van der Waals surface area contributed by atoms with Crippen LogP contribution in [0.4, 0.5) is 5.69 Å². The molecule has 0 atom stereocenters. The molecule has 4 heteroatoms. The molecule has 0 aliphatic rings. The number of nitrogens with one attached hydrogen (secondary N) is 2. The number of nitrogens with zero attached hydrogens (tertiary/aromatic N) is 1. The van der Waals surface area contributed by atoms with Gasteiger partial charge in [-0.3, -0.25) is 5.10 Å². The topological polar surface area (TPSA) is 49.9 Å². The minimum absolute atomic E-state index is 0.764. The number of benzene rings is 2. The summed E-state index contributed by atoms with van der Waals surface area (Å²) in [6.45, 7) is 0.764. The molecule has 1 heterocycles. The van der Waals surface area contributed by atoms with Crippen LogP contribution in [-0.4, -0.2) is 17.3 Å². The Bertz CT molecular complexity index is 690. The first-order valence-electron chi connectivity index (χ1n) is 6.15. The standard InChI is InChI=1S/C15H15N3O/c1-19-14-4-2-3-11(7-14)9-16-13-5-6-15-12(8-13)10-17-18-15/h2-8,10,16H,9H2,1H3,(H,17,18). The quantitative estimate of drug-likeness (QED) is 0.750. The summed E-state index contributed by atoms with van der Waals surface area (Å²) < 4.78 is 5.21. The maximum Gasteiger partial charge on any atom is 0.119 e. The zero-order valence-electron chi connectivity index (χ0n) is 10.7. The van der Waals surface area contributed by atoms with Crippen molar-refractivity contribution in [3.8, 4) is 5.75 Å². The van der Waals surface area contributed by atoms with Crippen LogP contribution in [0.1, 0.15) is 5.56 Å². The Balaban J connectivity index is 1.74. The van der Waals surface area contributed by atoms with Crippen LogP contribution in [0.25, 0.3) is 10.9 Å². The molecule has 0 saturated carbocycles. The van der Waals surface area contributed by atoms with E-state index in [0.717, 1.165) is 28.9 Å². The molecule has 3 aromatic rings. The lowest BCUT2D eigenvalue weighted by Crippen LogP contribution is -1.99. The lowest BCUT2D eigenvalue weighted by atomic mass is 10.2. The molecule has 0 aliphatic carbocycles. The Labute approximate surface area is 111 Å². The zero-order valence-corrected chi connectivity index (χ0v) is 10.7. The van der Waals surface area contributed by atoms with Crippen molar-refractivity contribution in [2.45, 2.75) is 6.54 Å². The first kappa shape index (κ1) is 11.6. The van der Waals surface area contributed by atoms with Gasteiger partial charge in [-0.25, -0.2) is 0 Å². The molecule has 0 amide bonds. The molecule has 0 radical (unpaired) electrons. The van der Waals surface area contributed by atoms with Crippen molar-refractivity contribution in [2.24, 2.45) is 0 Å². The number of hydrogen-bond acceptors (Lipinski definition) is 3.